The summed E-state index contributed by atoms with van der Waals surface area (Å²) in [7, 11) is 0. The van der Waals surface area contributed by atoms with Crippen molar-refractivity contribution in [1.29, 1.82) is 0 Å². The molecule has 0 aromatic heterocycles. The fourth-order valence-corrected chi connectivity index (χ4v) is 2.43. The van der Waals surface area contributed by atoms with Crippen LogP contribution in [0.15, 0.2) is 35.5 Å². The van der Waals surface area contributed by atoms with Crippen LogP contribution in [0.25, 0.3) is 0 Å². The molecule has 0 fully saturated rings. The summed E-state index contributed by atoms with van der Waals surface area (Å²) in [6, 6.07) is 9.37. The molecule has 6 nitrogen and oxygen atoms in total. The fourth-order valence-electron chi connectivity index (χ4n) is 2.43. The van der Waals surface area contributed by atoms with E-state index in [1.165, 1.54) is 6.21 Å². The number of oxime groups is 1. The van der Waals surface area contributed by atoms with Crippen LogP contribution in [0.1, 0.15) is 32.3 Å². The van der Waals surface area contributed by atoms with Crippen molar-refractivity contribution >= 4 is 18.2 Å². The van der Waals surface area contributed by atoms with Crippen molar-refractivity contribution < 1.29 is 24.3 Å². The second-order valence-corrected chi connectivity index (χ2v) is 5.02. The van der Waals surface area contributed by atoms with Gasteiger partial charge in [-0.2, -0.15) is 0 Å². The molecule has 0 aliphatic heterocycles. The van der Waals surface area contributed by atoms with Crippen LogP contribution in [0.4, 0.5) is 0 Å². The van der Waals surface area contributed by atoms with Gasteiger partial charge in [0.15, 0.2) is 5.92 Å². The van der Waals surface area contributed by atoms with Crippen LogP contribution in [0.2, 0.25) is 0 Å². The fraction of sp³-hybridized carbons (Fsp3) is 0.471. The van der Waals surface area contributed by atoms with Crippen molar-refractivity contribution in [1.82, 2.24) is 0 Å². The van der Waals surface area contributed by atoms with E-state index in [4.69, 9.17) is 14.7 Å². The Kier molecular flexibility index (Phi) is 7.80. The smallest absolute Gasteiger partial charge is 0.321 e. The predicted octanol–water partition coefficient (Wildman–Crippen LogP) is 2.61. The maximum atomic E-state index is 12.2. The van der Waals surface area contributed by atoms with Gasteiger partial charge < -0.3 is 14.7 Å². The summed E-state index contributed by atoms with van der Waals surface area (Å²) in [5.41, 5.74) is 0.913. The number of ether oxygens (including phenoxy) is 2. The normalized spacial score (nSPS) is 13.7. The minimum atomic E-state index is -1.18. The maximum absolute atomic E-state index is 12.2. The number of esters is 2. The van der Waals surface area contributed by atoms with Crippen molar-refractivity contribution in [2.24, 2.45) is 17.0 Å². The number of carbonyl (C=O) groups excluding carboxylic acids is 2. The molecule has 0 saturated carbocycles. The molecular weight excluding hydrogens is 298 g/mol. The Morgan fingerprint density at radius 2 is 1.65 bits per heavy atom. The van der Waals surface area contributed by atoms with Crippen molar-refractivity contribution in [2.45, 2.75) is 26.7 Å². The minimum Gasteiger partial charge on any atom is -0.465 e. The largest absolute Gasteiger partial charge is 0.465 e. The van der Waals surface area contributed by atoms with E-state index >= 15 is 0 Å². The second-order valence-electron chi connectivity index (χ2n) is 5.02. The van der Waals surface area contributed by atoms with Gasteiger partial charge in [-0.3, -0.25) is 9.59 Å². The van der Waals surface area contributed by atoms with Crippen molar-refractivity contribution in [3.05, 3.63) is 35.9 Å². The first-order valence-electron chi connectivity index (χ1n) is 7.62. The van der Waals surface area contributed by atoms with Gasteiger partial charge in [-0.05, 0) is 25.3 Å². The average molecular weight is 321 g/mol. The van der Waals surface area contributed by atoms with Gasteiger partial charge in [0.1, 0.15) is 0 Å². The Balaban J connectivity index is 3.18. The summed E-state index contributed by atoms with van der Waals surface area (Å²) in [6.45, 7) is 5.48. The van der Waals surface area contributed by atoms with E-state index in [1.54, 1.807) is 13.8 Å². The molecule has 1 rings (SSSR count). The molecule has 0 amide bonds. The standard InChI is InChI=1S/C17H23NO5/c1-4-22-16(19)15(17(20)23-5-2)14(11-18-21)12(3)13-9-7-6-8-10-13/h6-12,14-15,21H,4-5H2,1-3H3/b18-11+/t12-,14+/m0/s1. The van der Waals surface area contributed by atoms with Crippen molar-refractivity contribution in [2.75, 3.05) is 13.2 Å². The lowest BCUT2D eigenvalue weighted by Gasteiger charge is -2.26. The second kappa shape index (κ2) is 9.61. The predicted molar refractivity (Wildman–Crippen MR) is 85.4 cm³/mol. The number of benzene rings is 1. The minimum absolute atomic E-state index is 0.150. The number of hydrogen-bond donors (Lipinski definition) is 1. The van der Waals surface area contributed by atoms with E-state index in [9.17, 15) is 9.59 Å². The molecule has 1 aromatic rings. The van der Waals surface area contributed by atoms with Crippen LogP contribution in [-0.2, 0) is 19.1 Å². The molecule has 0 radical (unpaired) electrons. The van der Waals surface area contributed by atoms with Crippen LogP contribution in [-0.4, -0.2) is 36.6 Å². The molecule has 0 aliphatic rings. The summed E-state index contributed by atoms with van der Waals surface area (Å²) >= 11 is 0. The molecule has 0 heterocycles. The number of hydrogen-bond acceptors (Lipinski definition) is 6. The van der Waals surface area contributed by atoms with E-state index in [0.717, 1.165) is 5.56 Å². The molecule has 1 N–H and O–H groups in total. The van der Waals surface area contributed by atoms with E-state index < -0.39 is 23.8 Å². The highest BCUT2D eigenvalue weighted by molar-refractivity contribution is 5.98. The third-order valence-corrected chi connectivity index (χ3v) is 3.61. The monoisotopic (exact) mass is 321 g/mol. The lowest BCUT2D eigenvalue weighted by molar-refractivity contribution is -0.163. The zero-order valence-corrected chi connectivity index (χ0v) is 13.6. The Labute approximate surface area is 136 Å². The van der Waals surface area contributed by atoms with E-state index in [0.29, 0.717) is 0 Å². The van der Waals surface area contributed by atoms with E-state index in [2.05, 4.69) is 5.16 Å². The highest BCUT2D eigenvalue weighted by Crippen LogP contribution is 2.30. The Hall–Kier alpha value is -2.37. The third kappa shape index (κ3) is 5.09. The van der Waals surface area contributed by atoms with Gasteiger partial charge in [0.05, 0.1) is 13.2 Å². The zero-order chi connectivity index (χ0) is 17.2. The summed E-state index contributed by atoms with van der Waals surface area (Å²) in [5, 5.41) is 12.0. The van der Waals surface area contributed by atoms with Crippen LogP contribution in [0, 0.1) is 11.8 Å². The number of nitrogens with zero attached hydrogens (tertiary/aromatic N) is 1. The lowest BCUT2D eigenvalue weighted by Crippen LogP contribution is -2.37. The topological polar surface area (TPSA) is 85.2 Å². The van der Waals surface area contributed by atoms with Gasteiger partial charge >= 0.3 is 11.9 Å². The van der Waals surface area contributed by atoms with Gasteiger partial charge in [-0.15, -0.1) is 5.16 Å². The first-order chi connectivity index (χ1) is 11.1. The molecule has 0 aliphatic carbocycles. The SMILES string of the molecule is CCOC(=O)C(C(=O)OCC)[C@H](/C=N/O)[C@@H](C)c1ccccc1. The van der Waals surface area contributed by atoms with E-state index in [-0.39, 0.29) is 19.1 Å². The van der Waals surface area contributed by atoms with Crippen LogP contribution < -0.4 is 0 Å². The molecule has 0 saturated heterocycles. The molecule has 0 spiro atoms. The maximum Gasteiger partial charge on any atom is 0.321 e. The first kappa shape index (κ1) is 18.7. The van der Waals surface area contributed by atoms with Gasteiger partial charge in [-0.1, -0.05) is 37.3 Å². The Morgan fingerprint density at radius 3 is 2.09 bits per heavy atom. The van der Waals surface area contributed by atoms with Crippen LogP contribution in [0.3, 0.4) is 0 Å². The molecule has 23 heavy (non-hydrogen) atoms. The zero-order valence-electron chi connectivity index (χ0n) is 13.6. The van der Waals surface area contributed by atoms with Crippen molar-refractivity contribution in [3.63, 3.8) is 0 Å². The van der Waals surface area contributed by atoms with Crippen LogP contribution >= 0.6 is 0 Å². The molecule has 6 heteroatoms. The average Bonchev–Trinajstić information content (AvgIpc) is 2.55. The summed E-state index contributed by atoms with van der Waals surface area (Å²) < 4.78 is 10.0. The van der Waals surface area contributed by atoms with Gasteiger partial charge in [0.25, 0.3) is 0 Å². The van der Waals surface area contributed by atoms with Crippen LogP contribution in [0.5, 0.6) is 0 Å². The molecule has 1 aromatic carbocycles. The summed E-state index contributed by atoms with van der Waals surface area (Å²) in [6.07, 6.45) is 1.19. The van der Waals surface area contributed by atoms with Gasteiger partial charge in [0, 0.05) is 12.1 Å². The Bertz CT molecular complexity index is 511. The highest BCUT2D eigenvalue weighted by atomic mass is 16.6. The Morgan fingerprint density at radius 1 is 1.13 bits per heavy atom. The molecule has 2 atom stereocenters. The van der Waals surface area contributed by atoms with Crippen molar-refractivity contribution in [3.8, 4) is 0 Å². The highest BCUT2D eigenvalue weighted by Gasteiger charge is 2.40. The molecular formula is C17H23NO5. The summed E-state index contributed by atoms with van der Waals surface area (Å²) in [5.74, 6) is -3.47. The number of carbonyl (C=O) groups is 2. The number of rotatable bonds is 8. The summed E-state index contributed by atoms with van der Waals surface area (Å²) in [4.78, 5) is 24.5. The van der Waals surface area contributed by atoms with Gasteiger partial charge in [-0.25, -0.2) is 0 Å². The molecule has 0 bridgehead atoms. The lowest BCUT2D eigenvalue weighted by atomic mass is 9.79. The van der Waals surface area contributed by atoms with E-state index in [1.807, 2.05) is 37.3 Å². The molecule has 126 valence electrons. The third-order valence-electron chi connectivity index (χ3n) is 3.61. The quantitative estimate of drug-likeness (QED) is 0.261. The van der Waals surface area contributed by atoms with Gasteiger partial charge in [0.2, 0.25) is 0 Å². The molecule has 0 unspecified atom stereocenters. The first-order valence-corrected chi connectivity index (χ1v) is 7.62.